The molecule has 0 saturated heterocycles. The zero-order valence-corrected chi connectivity index (χ0v) is 6.76. The van der Waals surface area contributed by atoms with Crippen LogP contribution in [0, 0.1) is 0 Å². The lowest BCUT2D eigenvalue weighted by Gasteiger charge is -2.05. The maximum absolute atomic E-state index is 12.3. The number of nitrogens with zero attached hydrogens (tertiary/aromatic N) is 3. The first kappa shape index (κ1) is 8.28. The monoisotopic (exact) mass is 189 g/mol. The second-order valence-electron chi connectivity index (χ2n) is 2.95. The van der Waals surface area contributed by atoms with Crippen LogP contribution in [-0.4, -0.2) is 36.1 Å². The average Bonchev–Trinajstić information content (AvgIpc) is 2.41. The lowest BCUT2D eigenvalue weighted by atomic mass is 10.1. The van der Waals surface area contributed by atoms with Crippen molar-refractivity contribution in [2.24, 2.45) is 10.2 Å². The van der Waals surface area contributed by atoms with Crippen molar-refractivity contribution in [3.05, 3.63) is 11.8 Å². The number of fused-ring (bicyclic) bond motifs is 1. The Hall–Kier alpha value is -1.33. The fourth-order valence-electron chi connectivity index (χ4n) is 1.32. The Labute approximate surface area is 72.2 Å². The van der Waals surface area contributed by atoms with Crippen molar-refractivity contribution in [3.63, 3.8) is 0 Å². The lowest BCUT2D eigenvalue weighted by Crippen LogP contribution is -2.24. The van der Waals surface area contributed by atoms with Crippen LogP contribution in [0.15, 0.2) is 22.0 Å². The van der Waals surface area contributed by atoms with Gasteiger partial charge in [-0.2, -0.15) is 18.3 Å². The molecule has 70 valence electrons. The highest BCUT2D eigenvalue weighted by molar-refractivity contribution is 6.30. The smallest absolute Gasteiger partial charge is 0.374 e. The molecule has 0 spiro atoms. The lowest BCUT2D eigenvalue weighted by molar-refractivity contribution is -0.0579. The predicted octanol–water partition coefficient (Wildman–Crippen LogP) is 1.19. The van der Waals surface area contributed by atoms with Gasteiger partial charge in [0.05, 0.1) is 12.3 Å². The summed E-state index contributed by atoms with van der Waals surface area (Å²) in [5.74, 6) is 0. The van der Waals surface area contributed by atoms with Crippen LogP contribution in [0.3, 0.4) is 0 Å². The van der Waals surface area contributed by atoms with Gasteiger partial charge >= 0.3 is 6.18 Å². The van der Waals surface area contributed by atoms with Crippen molar-refractivity contribution in [1.82, 2.24) is 4.90 Å². The Balaban J connectivity index is 2.34. The van der Waals surface area contributed by atoms with Crippen LogP contribution in [0.5, 0.6) is 0 Å². The van der Waals surface area contributed by atoms with E-state index in [1.165, 1.54) is 6.20 Å². The van der Waals surface area contributed by atoms with Crippen LogP contribution in [0.25, 0.3) is 0 Å². The molecule has 0 amide bonds. The second kappa shape index (κ2) is 2.34. The van der Waals surface area contributed by atoms with Gasteiger partial charge in [0.25, 0.3) is 0 Å². The van der Waals surface area contributed by atoms with Crippen molar-refractivity contribution in [2.75, 3.05) is 13.6 Å². The van der Waals surface area contributed by atoms with E-state index in [1.807, 2.05) is 0 Å². The van der Waals surface area contributed by atoms with Crippen LogP contribution >= 0.6 is 0 Å². The maximum Gasteiger partial charge on any atom is 0.435 e. The SMILES string of the molecule is CN1C=C2C(=NN=C2C(F)(F)F)C1. The third-order valence-corrected chi connectivity index (χ3v) is 1.85. The van der Waals surface area contributed by atoms with Crippen molar-refractivity contribution < 1.29 is 13.2 Å². The van der Waals surface area contributed by atoms with Crippen molar-refractivity contribution >= 4 is 11.4 Å². The van der Waals surface area contributed by atoms with Gasteiger partial charge in [0.1, 0.15) is 0 Å². The molecular weight excluding hydrogens is 183 g/mol. The van der Waals surface area contributed by atoms with Gasteiger partial charge in [-0.15, -0.1) is 5.10 Å². The van der Waals surface area contributed by atoms with Crippen molar-refractivity contribution in [3.8, 4) is 0 Å². The first-order valence-corrected chi connectivity index (χ1v) is 3.63. The minimum Gasteiger partial charge on any atom is -0.374 e. The molecule has 0 bridgehead atoms. The Morgan fingerprint density at radius 1 is 1.38 bits per heavy atom. The summed E-state index contributed by atoms with van der Waals surface area (Å²) < 4.78 is 36.8. The van der Waals surface area contributed by atoms with Gasteiger partial charge in [0, 0.05) is 18.8 Å². The van der Waals surface area contributed by atoms with E-state index in [-0.39, 0.29) is 5.57 Å². The predicted molar refractivity (Wildman–Crippen MR) is 41.6 cm³/mol. The van der Waals surface area contributed by atoms with E-state index in [0.717, 1.165) is 0 Å². The molecule has 13 heavy (non-hydrogen) atoms. The molecule has 2 aliphatic heterocycles. The summed E-state index contributed by atoms with van der Waals surface area (Å²) in [6.45, 7) is 0.401. The summed E-state index contributed by atoms with van der Waals surface area (Å²) in [6, 6.07) is 0. The number of halogens is 3. The molecule has 2 heterocycles. The van der Waals surface area contributed by atoms with Gasteiger partial charge in [-0.3, -0.25) is 0 Å². The number of alkyl halides is 3. The van der Waals surface area contributed by atoms with Crippen LogP contribution < -0.4 is 0 Å². The molecule has 0 aromatic rings. The molecule has 0 unspecified atom stereocenters. The molecule has 2 rings (SSSR count). The Morgan fingerprint density at radius 3 is 2.69 bits per heavy atom. The van der Waals surface area contributed by atoms with Gasteiger partial charge in [-0.05, 0) is 0 Å². The topological polar surface area (TPSA) is 28.0 Å². The zero-order chi connectivity index (χ0) is 9.64. The molecule has 0 radical (unpaired) electrons. The summed E-state index contributed by atoms with van der Waals surface area (Å²) in [4.78, 5) is 1.65. The number of hydrogen-bond donors (Lipinski definition) is 0. The zero-order valence-electron chi connectivity index (χ0n) is 6.76. The molecule has 0 aliphatic carbocycles. The molecule has 0 saturated carbocycles. The average molecular weight is 189 g/mol. The Morgan fingerprint density at radius 2 is 2.08 bits per heavy atom. The molecule has 2 aliphatic rings. The quantitative estimate of drug-likeness (QED) is 0.562. The highest BCUT2D eigenvalue weighted by atomic mass is 19.4. The van der Waals surface area contributed by atoms with Gasteiger partial charge in [-0.1, -0.05) is 0 Å². The molecule has 0 aromatic heterocycles. The number of hydrogen-bond acceptors (Lipinski definition) is 3. The third kappa shape index (κ3) is 1.22. The molecule has 0 aromatic carbocycles. The van der Waals surface area contributed by atoms with Gasteiger partial charge in [0.15, 0.2) is 5.71 Å². The van der Waals surface area contributed by atoms with Crippen LogP contribution in [-0.2, 0) is 0 Å². The normalized spacial score (nSPS) is 21.2. The van der Waals surface area contributed by atoms with Crippen LogP contribution in [0.1, 0.15) is 0 Å². The minimum absolute atomic E-state index is 0.106. The van der Waals surface area contributed by atoms with E-state index < -0.39 is 11.9 Å². The summed E-state index contributed by atoms with van der Waals surface area (Å²) in [5.41, 5.74) is -0.378. The van der Waals surface area contributed by atoms with Crippen molar-refractivity contribution in [1.29, 1.82) is 0 Å². The summed E-state index contributed by atoms with van der Waals surface area (Å²) >= 11 is 0. The molecule has 0 N–H and O–H groups in total. The van der Waals surface area contributed by atoms with E-state index in [4.69, 9.17) is 0 Å². The first-order valence-electron chi connectivity index (χ1n) is 3.63. The highest BCUT2D eigenvalue weighted by Gasteiger charge is 2.43. The Bertz CT molecular complexity index is 337. The van der Waals surface area contributed by atoms with Gasteiger partial charge in [-0.25, -0.2) is 0 Å². The Kier molecular flexibility index (Phi) is 1.49. The van der Waals surface area contributed by atoms with E-state index in [9.17, 15) is 13.2 Å². The minimum atomic E-state index is -4.40. The first-order chi connectivity index (χ1) is 5.98. The summed E-state index contributed by atoms with van der Waals surface area (Å²) in [7, 11) is 1.70. The summed E-state index contributed by atoms with van der Waals surface area (Å²) in [6.07, 6.45) is -2.99. The largest absolute Gasteiger partial charge is 0.435 e. The van der Waals surface area contributed by atoms with Gasteiger partial charge in [0.2, 0.25) is 0 Å². The van der Waals surface area contributed by atoms with E-state index in [2.05, 4.69) is 10.2 Å². The van der Waals surface area contributed by atoms with E-state index in [1.54, 1.807) is 11.9 Å². The van der Waals surface area contributed by atoms with E-state index >= 15 is 0 Å². The molecule has 3 nitrogen and oxygen atoms in total. The second-order valence-corrected chi connectivity index (χ2v) is 2.95. The van der Waals surface area contributed by atoms with E-state index in [0.29, 0.717) is 12.3 Å². The third-order valence-electron chi connectivity index (χ3n) is 1.85. The maximum atomic E-state index is 12.3. The van der Waals surface area contributed by atoms with Crippen LogP contribution in [0.2, 0.25) is 0 Å². The van der Waals surface area contributed by atoms with Crippen molar-refractivity contribution in [2.45, 2.75) is 6.18 Å². The molecule has 0 fully saturated rings. The molecule has 6 heteroatoms. The fraction of sp³-hybridized carbons (Fsp3) is 0.429. The van der Waals surface area contributed by atoms with Crippen LogP contribution in [0.4, 0.5) is 13.2 Å². The van der Waals surface area contributed by atoms with Gasteiger partial charge < -0.3 is 4.90 Å². The molecule has 0 atom stereocenters. The number of rotatable bonds is 0. The standard InChI is InChI=1S/C7H6F3N3/c1-13-2-4-5(3-13)11-12-6(4)7(8,9)10/h2H,3H2,1H3. The summed E-state index contributed by atoms with van der Waals surface area (Å²) in [5, 5.41) is 6.58. The fourth-order valence-corrected chi connectivity index (χ4v) is 1.32. The molecular formula is C7H6F3N3. The highest BCUT2D eigenvalue weighted by Crippen LogP contribution is 2.29.